The topological polar surface area (TPSA) is 143 Å². The fourth-order valence-corrected chi connectivity index (χ4v) is 3.10. The molecule has 0 fully saturated rings. The second-order valence-electron chi connectivity index (χ2n) is 6.48. The van der Waals surface area contributed by atoms with Crippen LogP contribution in [0.1, 0.15) is 24.5 Å². The molecule has 1 aromatic carbocycles. The van der Waals surface area contributed by atoms with Crippen LogP contribution in [0.3, 0.4) is 0 Å². The van der Waals surface area contributed by atoms with Crippen molar-refractivity contribution in [3.05, 3.63) is 46.0 Å². The Morgan fingerprint density at radius 3 is 2.68 bits per heavy atom. The minimum atomic E-state index is -1.06. The number of carbonyl (C=O) groups is 2. The summed E-state index contributed by atoms with van der Waals surface area (Å²) in [5.41, 5.74) is 0.719. The largest absolute Gasteiger partial charge is 0.480 e. The molecule has 11 nitrogen and oxygen atoms in total. The third-order valence-corrected chi connectivity index (χ3v) is 4.64. The number of rotatable bonds is 7. The van der Waals surface area contributed by atoms with E-state index in [-0.39, 0.29) is 31.1 Å². The van der Waals surface area contributed by atoms with Gasteiger partial charge in [0.25, 0.3) is 5.69 Å². The van der Waals surface area contributed by atoms with Crippen LogP contribution in [0.25, 0.3) is 0 Å². The summed E-state index contributed by atoms with van der Waals surface area (Å²) in [6.45, 7) is 2.48. The summed E-state index contributed by atoms with van der Waals surface area (Å²) >= 11 is 0. The first-order chi connectivity index (χ1) is 13.4. The second-order valence-corrected chi connectivity index (χ2v) is 6.48. The van der Waals surface area contributed by atoms with E-state index < -0.39 is 16.9 Å². The van der Waals surface area contributed by atoms with Gasteiger partial charge in [-0.15, -0.1) is 10.2 Å². The number of amides is 1. The van der Waals surface area contributed by atoms with Gasteiger partial charge < -0.3 is 19.9 Å². The van der Waals surface area contributed by atoms with Gasteiger partial charge in [0.15, 0.2) is 5.82 Å². The molecule has 2 aromatic rings. The number of aryl methyl sites for hydroxylation is 1. The first kappa shape index (κ1) is 19.3. The fourth-order valence-electron chi connectivity index (χ4n) is 3.10. The number of carboxylic acid groups (broad SMARTS) is 1. The van der Waals surface area contributed by atoms with E-state index in [4.69, 9.17) is 0 Å². The van der Waals surface area contributed by atoms with Gasteiger partial charge in [-0.05, 0) is 25.5 Å². The summed E-state index contributed by atoms with van der Waals surface area (Å²) in [5, 5.41) is 31.2. The van der Waals surface area contributed by atoms with Crippen LogP contribution in [-0.4, -0.2) is 54.2 Å². The fraction of sp³-hybridized carbons (Fsp3) is 0.412. The van der Waals surface area contributed by atoms with Gasteiger partial charge in [0, 0.05) is 30.8 Å². The average Bonchev–Trinajstić information content (AvgIpc) is 3.04. The van der Waals surface area contributed by atoms with E-state index in [0.29, 0.717) is 30.3 Å². The van der Waals surface area contributed by atoms with Gasteiger partial charge in [0.05, 0.1) is 18.0 Å². The number of anilines is 1. The number of nitro benzene ring substituents is 1. The molecule has 1 atom stereocenters. The maximum Gasteiger partial charge on any atom is 0.328 e. The maximum atomic E-state index is 12.6. The molecule has 0 saturated heterocycles. The van der Waals surface area contributed by atoms with Crippen LogP contribution in [-0.2, 0) is 22.7 Å². The number of benzene rings is 1. The molecule has 3 rings (SSSR count). The summed E-state index contributed by atoms with van der Waals surface area (Å²) < 4.78 is 1.72. The highest BCUT2D eigenvalue weighted by atomic mass is 16.6. The maximum absolute atomic E-state index is 12.6. The SMILES string of the molecule is Cc1nnc2n1CC(C(=O)O)N(C(=O)CCCNc1ccc([N+](=O)[O-])cc1)C2. The summed E-state index contributed by atoms with van der Waals surface area (Å²) in [5.74, 6) is -0.117. The molecule has 1 aliphatic heterocycles. The number of carboxylic acids is 1. The zero-order valence-electron chi connectivity index (χ0n) is 15.2. The monoisotopic (exact) mass is 388 g/mol. The van der Waals surface area contributed by atoms with Crippen LogP contribution in [0.15, 0.2) is 24.3 Å². The molecule has 0 radical (unpaired) electrons. The number of aliphatic carboxylic acids is 1. The van der Waals surface area contributed by atoms with Gasteiger partial charge in [-0.25, -0.2) is 4.79 Å². The number of aromatic nitrogens is 3. The van der Waals surface area contributed by atoms with E-state index in [1.807, 2.05) is 0 Å². The molecule has 0 aliphatic carbocycles. The van der Waals surface area contributed by atoms with Crippen molar-refractivity contribution in [3.63, 3.8) is 0 Å². The van der Waals surface area contributed by atoms with Gasteiger partial charge in [0.1, 0.15) is 11.9 Å². The Labute approximate surface area is 160 Å². The standard InChI is InChI=1S/C17H20N6O5/c1-11-19-20-15-10-22(14(17(25)26)9-21(11)15)16(24)3-2-8-18-12-4-6-13(7-5-12)23(27)28/h4-7,14,18H,2-3,8-10H2,1H3,(H,25,26). The molecule has 0 bridgehead atoms. The van der Waals surface area contributed by atoms with Crippen molar-refractivity contribution in [1.29, 1.82) is 0 Å². The molecule has 1 amide bonds. The predicted octanol–water partition coefficient (Wildman–Crippen LogP) is 1.18. The number of fused-ring (bicyclic) bond motifs is 1. The molecule has 0 spiro atoms. The number of hydrogen-bond donors (Lipinski definition) is 2. The van der Waals surface area contributed by atoms with Gasteiger partial charge in [-0.1, -0.05) is 0 Å². The van der Waals surface area contributed by atoms with E-state index in [2.05, 4.69) is 15.5 Å². The smallest absolute Gasteiger partial charge is 0.328 e. The number of nitrogens with zero attached hydrogens (tertiary/aromatic N) is 5. The molecule has 2 N–H and O–H groups in total. The molecular weight excluding hydrogens is 368 g/mol. The third kappa shape index (κ3) is 4.08. The molecule has 148 valence electrons. The Morgan fingerprint density at radius 2 is 2.04 bits per heavy atom. The Hall–Kier alpha value is -3.50. The first-order valence-electron chi connectivity index (χ1n) is 8.76. The Kier molecular flexibility index (Phi) is 5.52. The number of carbonyl (C=O) groups excluding carboxylic acids is 1. The van der Waals surface area contributed by atoms with Crippen LogP contribution in [0.4, 0.5) is 11.4 Å². The predicted molar refractivity (Wildman–Crippen MR) is 97.6 cm³/mol. The van der Waals surface area contributed by atoms with Crippen LogP contribution in [0.2, 0.25) is 0 Å². The summed E-state index contributed by atoms with van der Waals surface area (Å²) in [6, 6.07) is 5.05. The summed E-state index contributed by atoms with van der Waals surface area (Å²) in [7, 11) is 0. The second kappa shape index (κ2) is 8.03. The van der Waals surface area contributed by atoms with Gasteiger partial charge in [-0.2, -0.15) is 0 Å². The van der Waals surface area contributed by atoms with Crippen molar-refractivity contribution in [3.8, 4) is 0 Å². The lowest BCUT2D eigenvalue weighted by molar-refractivity contribution is -0.384. The van der Waals surface area contributed by atoms with E-state index >= 15 is 0 Å². The summed E-state index contributed by atoms with van der Waals surface area (Å²) in [6.07, 6.45) is 0.668. The van der Waals surface area contributed by atoms with Crippen molar-refractivity contribution < 1.29 is 19.6 Å². The minimum Gasteiger partial charge on any atom is -0.480 e. The van der Waals surface area contributed by atoms with Crippen molar-refractivity contribution in [2.75, 3.05) is 11.9 Å². The molecule has 11 heteroatoms. The zero-order chi connectivity index (χ0) is 20.3. The summed E-state index contributed by atoms with van der Waals surface area (Å²) in [4.78, 5) is 35.7. The van der Waals surface area contributed by atoms with E-state index in [0.717, 1.165) is 0 Å². The number of hydrogen-bond acceptors (Lipinski definition) is 7. The molecule has 2 heterocycles. The van der Waals surface area contributed by atoms with Crippen LogP contribution >= 0.6 is 0 Å². The van der Waals surface area contributed by atoms with Crippen LogP contribution in [0, 0.1) is 17.0 Å². The van der Waals surface area contributed by atoms with Crippen molar-refractivity contribution in [1.82, 2.24) is 19.7 Å². The first-order valence-corrected chi connectivity index (χ1v) is 8.76. The van der Waals surface area contributed by atoms with E-state index in [1.165, 1.54) is 17.0 Å². The normalized spacial score (nSPS) is 15.8. The minimum absolute atomic E-state index is 0.00799. The lowest BCUT2D eigenvalue weighted by atomic mass is 10.1. The molecule has 0 saturated carbocycles. The Morgan fingerprint density at radius 1 is 1.32 bits per heavy atom. The number of non-ortho nitro benzene ring substituents is 1. The van der Waals surface area contributed by atoms with E-state index in [1.54, 1.807) is 23.6 Å². The highest BCUT2D eigenvalue weighted by Gasteiger charge is 2.35. The van der Waals surface area contributed by atoms with E-state index in [9.17, 15) is 24.8 Å². The van der Waals surface area contributed by atoms with Gasteiger partial charge in [-0.3, -0.25) is 14.9 Å². The highest BCUT2D eigenvalue weighted by Crippen LogP contribution is 2.20. The molecular formula is C17H20N6O5. The average molecular weight is 388 g/mol. The highest BCUT2D eigenvalue weighted by molar-refractivity contribution is 5.83. The Balaban J connectivity index is 1.53. The van der Waals surface area contributed by atoms with Crippen molar-refractivity contribution >= 4 is 23.3 Å². The van der Waals surface area contributed by atoms with Crippen molar-refractivity contribution in [2.45, 2.75) is 38.9 Å². The zero-order valence-corrected chi connectivity index (χ0v) is 15.2. The van der Waals surface area contributed by atoms with Crippen LogP contribution in [0.5, 0.6) is 0 Å². The molecule has 1 aromatic heterocycles. The molecule has 1 unspecified atom stereocenters. The number of nitro groups is 1. The van der Waals surface area contributed by atoms with Gasteiger partial charge in [0.2, 0.25) is 5.91 Å². The molecule has 1 aliphatic rings. The lowest BCUT2D eigenvalue weighted by Gasteiger charge is -2.33. The van der Waals surface area contributed by atoms with Crippen LogP contribution < -0.4 is 5.32 Å². The molecule has 28 heavy (non-hydrogen) atoms. The van der Waals surface area contributed by atoms with Crippen molar-refractivity contribution in [2.24, 2.45) is 0 Å². The lowest BCUT2D eigenvalue weighted by Crippen LogP contribution is -2.50. The number of nitrogens with one attached hydrogen (secondary N) is 1. The van der Waals surface area contributed by atoms with Gasteiger partial charge >= 0.3 is 5.97 Å². The quantitative estimate of drug-likeness (QED) is 0.409. The Bertz CT molecular complexity index is 894. The third-order valence-electron chi connectivity index (χ3n) is 4.64.